The lowest BCUT2D eigenvalue weighted by Gasteiger charge is -2.32. The van der Waals surface area contributed by atoms with Crippen molar-refractivity contribution in [3.05, 3.63) is 0 Å². The Bertz CT molecular complexity index is 304. The number of hydrogen-bond acceptors (Lipinski definition) is 0. The molecule has 186 valence electrons. The highest BCUT2D eigenvalue weighted by Crippen LogP contribution is 2.36. The summed E-state index contributed by atoms with van der Waals surface area (Å²) in [5, 5.41) is 4.86. The SMILES string of the molecule is CCCC(CCC)C(C)[CH2][Al]([CH2]C(C)C(CCC)CCC)[CH2]C(C)C(CCC)CCC. The average molecular weight is 451 g/mol. The third kappa shape index (κ3) is 13.7. The zero-order chi connectivity index (χ0) is 23.6. The Morgan fingerprint density at radius 3 is 0.742 bits per heavy atom. The summed E-state index contributed by atoms with van der Waals surface area (Å²) in [4.78, 5) is 0. The first-order chi connectivity index (χ1) is 14.9. The topological polar surface area (TPSA) is 0 Å². The molecule has 0 N–H and O–H groups in total. The van der Waals surface area contributed by atoms with Gasteiger partial charge < -0.3 is 0 Å². The van der Waals surface area contributed by atoms with Crippen LogP contribution < -0.4 is 0 Å². The second-order valence-corrected chi connectivity index (χ2v) is 14.7. The molecule has 0 bridgehead atoms. The van der Waals surface area contributed by atoms with Gasteiger partial charge >= 0.3 is 0 Å². The third-order valence-electron chi connectivity index (χ3n) is 8.49. The van der Waals surface area contributed by atoms with Crippen molar-refractivity contribution in [3.63, 3.8) is 0 Å². The van der Waals surface area contributed by atoms with E-state index in [9.17, 15) is 0 Å². The van der Waals surface area contributed by atoms with E-state index < -0.39 is 14.1 Å². The van der Waals surface area contributed by atoms with Gasteiger partial charge in [-0.15, -0.1) is 0 Å². The first-order valence-electron chi connectivity index (χ1n) is 14.9. The minimum absolute atomic E-state index is 0.726. The summed E-state index contributed by atoms with van der Waals surface area (Å²) in [6.45, 7) is 22.3. The van der Waals surface area contributed by atoms with E-state index in [1.165, 1.54) is 77.0 Å². The summed E-state index contributed by atoms with van der Waals surface area (Å²) in [5.74, 6) is 5.84. The molecule has 0 amide bonds. The lowest BCUT2D eigenvalue weighted by atomic mass is 9.87. The van der Waals surface area contributed by atoms with Crippen molar-refractivity contribution in [3.8, 4) is 0 Å². The molecule has 0 spiro atoms. The van der Waals surface area contributed by atoms with E-state index in [0.717, 1.165) is 35.5 Å². The summed E-state index contributed by atoms with van der Waals surface area (Å²) in [5.41, 5.74) is 0. The molecule has 0 aliphatic carbocycles. The molecule has 0 aromatic carbocycles. The van der Waals surface area contributed by atoms with E-state index >= 15 is 0 Å². The van der Waals surface area contributed by atoms with E-state index in [1.807, 2.05) is 0 Å². The van der Waals surface area contributed by atoms with Crippen molar-refractivity contribution in [2.75, 3.05) is 0 Å². The largest absolute Gasteiger partial charge is 0.262 e. The highest BCUT2D eigenvalue weighted by molar-refractivity contribution is 6.59. The lowest BCUT2D eigenvalue weighted by Crippen LogP contribution is -2.29. The molecule has 3 unspecified atom stereocenters. The van der Waals surface area contributed by atoms with Gasteiger partial charge in [0.25, 0.3) is 14.1 Å². The van der Waals surface area contributed by atoms with Gasteiger partial charge in [-0.25, -0.2) is 0 Å². The Labute approximate surface area is 204 Å². The van der Waals surface area contributed by atoms with Crippen LogP contribution in [0, 0.1) is 35.5 Å². The van der Waals surface area contributed by atoms with Crippen LogP contribution >= 0.6 is 0 Å². The van der Waals surface area contributed by atoms with Crippen molar-refractivity contribution in [2.45, 2.75) is 155 Å². The number of hydrogen-bond donors (Lipinski definition) is 0. The van der Waals surface area contributed by atoms with Gasteiger partial charge in [0.2, 0.25) is 0 Å². The molecular weight excluding hydrogens is 387 g/mol. The first kappa shape index (κ1) is 31.5. The Kier molecular flexibility index (Phi) is 20.3. The number of rotatable bonds is 21. The van der Waals surface area contributed by atoms with Gasteiger partial charge in [-0.1, -0.05) is 173 Å². The standard InChI is InChI=1S/3C10H21.Al/c3*1-5-7-10(8-6-2)9(3)4;/h3*9-10H,3,5-8H2,1-2,4H3;. The van der Waals surface area contributed by atoms with Gasteiger partial charge in [-0.05, 0) is 17.8 Å². The molecule has 0 saturated carbocycles. The summed E-state index contributed by atoms with van der Waals surface area (Å²) in [6, 6.07) is 0. The Balaban J connectivity index is 5.37. The molecule has 0 aromatic rings. The summed E-state index contributed by atoms with van der Waals surface area (Å²) in [7, 11) is 0. The van der Waals surface area contributed by atoms with E-state index in [-0.39, 0.29) is 0 Å². The Morgan fingerprint density at radius 1 is 0.387 bits per heavy atom. The van der Waals surface area contributed by atoms with Crippen LogP contribution in [0.5, 0.6) is 0 Å². The highest BCUT2D eigenvalue weighted by Gasteiger charge is 2.31. The highest BCUT2D eigenvalue weighted by atomic mass is 27.2. The fourth-order valence-electron chi connectivity index (χ4n) is 6.81. The molecule has 3 atom stereocenters. The molecule has 1 heteroatoms. The van der Waals surface area contributed by atoms with Crippen molar-refractivity contribution in [1.29, 1.82) is 0 Å². The third-order valence-corrected chi connectivity index (χ3v) is 12.7. The fourth-order valence-corrected chi connectivity index (χ4v) is 11.7. The van der Waals surface area contributed by atoms with Crippen LogP contribution in [0.4, 0.5) is 0 Å². The molecule has 0 saturated heterocycles. The van der Waals surface area contributed by atoms with E-state index in [1.54, 1.807) is 15.8 Å². The molecule has 0 fully saturated rings. The quantitative estimate of drug-likeness (QED) is 0.152. The van der Waals surface area contributed by atoms with Crippen molar-refractivity contribution < 1.29 is 0 Å². The molecule has 0 radical (unpaired) electrons. The lowest BCUT2D eigenvalue weighted by molar-refractivity contribution is 0.309. The minimum Gasteiger partial charge on any atom is -0.0910 e. The van der Waals surface area contributed by atoms with Gasteiger partial charge in [0, 0.05) is 0 Å². The minimum atomic E-state index is -0.726. The second kappa shape index (κ2) is 20.0. The van der Waals surface area contributed by atoms with Crippen LogP contribution in [0.15, 0.2) is 0 Å². The van der Waals surface area contributed by atoms with Crippen molar-refractivity contribution in [1.82, 2.24) is 0 Å². The Morgan fingerprint density at radius 2 is 0.581 bits per heavy atom. The molecule has 0 aromatic heterocycles. The predicted molar refractivity (Wildman–Crippen MR) is 148 cm³/mol. The maximum atomic E-state index is 2.64. The summed E-state index contributed by atoms with van der Waals surface area (Å²) < 4.78 is 0. The average Bonchev–Trinajstić information content (AvgIpc) is 2.73. The van der Waals surface area contributed by atoms with Crippen LogP contribution in [-0.2, 0) is 0 Å². The summed E-state index contributed by atoms with van der Waals surface area (Å²) in [6.07, 6.45) is 17.0. The fraction of sp³-hybridized carbons (Fsp3) is 1.00. The first-order valence-corrected chi connectivity index (χ1v) is 17.3. The van der Waals surface area contributed by atoms with Crippen LogP contribution in [0.3, 0.4) is 0 Å². The van der Waals surface area contributed by atoms with Gasteiger partial charge in [-0.3, -0.25) is 0 Å². The molecule has 31 heavy (non-hydrogen) atoms. The van der Waals surface area contributed by atoms with E-state index in [4.69, 9.17) is 0 Å². The maximum Gasteiger partial charge on any atom is 0.262 e. The van der Waals surface area contributed by atoms with Crippen molar-refractivity contribution in [2.24, 2.45) is 35.5 Å². The van der Waals surface area contributed by atoms with E-state index in [2.05, 4.69) is 62.3 Å². The van der Waals surface area contributed by atoms with Gasteiger partial charge in [0.15, 0.2) is 0 Å². The second-order valence-electron chi connectivity index (χ2n) is 11.5. The smallest absolute Gasteiger partial charge is 0.0910 e. The monoisotopic (exact) mass is 450 g/mol. The molecule has 0 nitrogen and oxygen atoms in total. The molecule has 0 aliphatic rings. The van der Waals surface area contributed by atoms with Crippen LogP contribution in [0.1, 0.15) is 139 Å². The molecule has 0 heterocycles. The van der Waals surface area contributed by atoms with Gasteiger partial charge in [-0.2, -0.15) is 0 Å². The van der Waals surface area contributed by atoms with E-state index in [0.29, 0.717) is 0 Å². The van der Waals surface area contributed by atoms with Crippen LogP contribution in [-0.4, -0.2) is 14.1 Å². The van der Waals surface area contributed by atoms with Crippen molar-refractivity contribution >= 4 is 14.1 Å². The van der Waals surface area contributed by atoms with Crippen LogP contribution in [0.2, 0.25) is 15.8 Å². The maximum absolute atomic E-state index is 2.64. The normalized spacial score (nSPS) is 15.1. The molecule has 0 rings (SSSR count). The molecular formula is C30H63Al. The molecule has 0 aliphatic heterocycles. The van der Waals surface area contributed by atoms with Crippen LogP contribution in [0.25, 0.3) is 0 Å². The Hall–Kier alpha value is 0.532. The van der Waals surface area contributed by atoms with Gasteiger partial charge in [0.05, 0.1) is 0 Å². The van der Waals surface area contributed by atoms with Gasteiger partial charge in [0.1, 0.15) is 0 Å². The zero-order valence-electron chi connectivity index (χ0n) is 23.6. The summed E-state index contributed by atoms with van der Waals surface area (Å²) >= 11 is -0.726. The predicted octanol–water partition coefficient (Wildman–Crippen LogP) is 11.0. The zero-order valence-corrected chi connectivity index (χ0v) is 24.8.